The van der Waals surface area contributed by atoms with Crippen LogP contribution in [0.4, 0.5) is 27.6 Å². The Morgan fingerprint density at radius 2 is 1.38 bits per heavy atom. The number of carbonyl (C=O) groups excluding carboxylic acids is 1. The fourth-order valence-corrected chi connectivity index (χ4v) is 8.87. The fraction of sp³-hybridized carbons (Fsp3) is 0.311. The van der Waals surface area contributed by atoms with Gasteiger partial charge in [0, 0.05) is 17.7 Å². The van der Waals surface area contributed by atoms with Crippen molar-refractivity contribution in [2.75, 3.05) is 30.4 Å². The highest BCUT2D eigenvalue weighted by Crippen LogP contribution is 2.51. The first-order valence-electron chi connectivity index (χ1n) is 20.1. The number of amides is 1. The van der Waals surface area contributed by atoms with Crippen molar-refractivity contribution in [3.05, 3.63) is 156 Å². The molecule has 0 aliphatic carbocycles. The van der Waals surface area contributed by atoms with E-state index in [0.29, 0.717) is 11.3 Å². The average Bonchev–Trinajstić information content (AvgIpc) is 3.70. The molecule has 0 spiro atoms. The van der Waals surface area contributed by atoms with Crippen LogP contribution in [0.15, 0.2) is 138 Å². The average molecular weight is 933 g/mol. The minimum atomic E-state index is -4.86. The molecule has 1 aliphatic heterocycles. The first kappa shape index (κ1) is 48.1. The lowest BCUT2D eigenvalue weighted by molar-refractivity contribution is -0.274. The van der Waals surface area contributed by atoms with Crippen molar-refractivity contribution in [3.8, 4) is 11.5 Å². The van der Waals surface area contributed by atoms with E-state index in [4.69, 9.17) is 18.3 Å². The molecular weight excluding hydrogens is 887 g/mol. The molecule has 1 fully saturated rings. The first-order valence-corrected chi connectivity index (χ1v) is 23.2. The van der Waals surface area contributed by atoms with Crippen LogP contribution < -0.4 is 19.7 Å². The third-order valence-electron chi connectivity index (χ3n) is 10.1. The second kappa shape index (κ2) is 22.0. The SMILES string of the molecule is CCS(=O)(=O)c1ccc(C(CCOP(=O)(OCc2ccccc2)OCc2ccccc2)NC(=O)c2ccc(N3C[C@@H](Oc4ccc(OC(F)(F)F)cc4)C[C@H]3COC(F)F)cc2)cc1. The van der Waals surface area contributed by atoms with Gasteiger partial charge in [-0.15, -0.1) is 13.2 Å². The van der Waals surface area contributed by atoms with Gasteiger partial charge in [-0.25, -0.2) is 13.0 Å². The third-order valence-corrected chi connectivity index (χ3v) is 13.2. The van der Waals surface area contributed by atoms with Gasteiger partial charge in [0.1, 0.15) is 17.6 Å². The van der Waals surface area contributed by atoms with Crippen molar-refractivity contribution in [1.29, 1.82) is 0 Å². The molecule has 1 N–H and O–H groups in total. The molecule has 64 heavy (non-hydrogen) atoms. The number of alkyl halides is 5. The number of benzene rings is 5. The maximum Gasteiger partial charge on any atom is 0.573 e. The minimum absolute atomic E-state index is 0.0517. The zero-order chi connectivity index (χ0) is 45.7. The molecule has 0 saturated carbocycles. The van der Waals surface area contributed by atoms with Gasteiger partial charge in [0.25, 0.3) is 5.91 Å². The number of rotatable bonds is 22. The van der Waals surface area contributed by atoms with Gasteiger partial charge >= 0.3 is 20.8 Å². The van der Waals surface area contributed by atoms with Crippen LogP contribution in [-0.4, -0.2) is 65.0 Å². The summed E-state index contributed by atoms with van der Waals surface area (Å²) in [7, 11) is -7.72. The number of phosphoric ester groups is 1. The highest BCUT2D eigenvalue weighted by atomic mass is 32.2. The van der Waals surface area contributed by atoms with Crippen molar-refractivity contribution in [1.82, 2.24) is 5.32 Å². The van der Waals surface area contributed by atoms with Gasteiger partial charge in [0.15, 0.2) is 9.84 Å². The van der Waals surface area contributed by atoms with Crippen LogP contribution in [0.5, 0.6) is 11.5 Å². The first-order chi connectivity index (χ1) is 30.6. The predicted molar refractivity (Wildman–Crippen MR) is 227 cm³/mol. The molecule has 0 aromatic heterocycles. The van der Waals surface area contributed by atoms with E-state index in [9.17, 15) is 39.7 Å². The normalized spacial score (nSPS) is 16.1. The summed E-state index contributed by atoms with van der Waals surface area (Å²) in [6.07, 6.45) is -5.14. The van der Waals surface area contributed by atoms with Gasteiger partial charge in [-0.05, 0) is 83.8 Å². The van der Waals surface area contributed by atoms with E-state index < -0.39 is 60.5 Å². The van der Waals surface area contributed by atoms with Crippen LogP contribution in [0, 0.1) is 0 Å². The van der Waals surface area contributed by atoms with Gasteiger partial charge < -0.3 is 24.4 Å². The molecule has 0 bridgehead atoms. The summed E-state index contributed by atoms with van der Waals surface area (Å²) in [6, 6.07) is 33.9. The maximum atomic E-state index is 14.0. The molecule has 6 rings (SSSR count). The second-order valence-corrected chi connectivity index (χ2v) is 18.5. The Balaban J connectivity index is 1.16. The number of carbonyl (C=O) groups is 1. The van der Waals surface area contributed by atoms with Crippen LogP contribution in [0.1, 0.15) is 52.9 Å². The van der Waals surface area contributed by atoms with E-state index in [1.165, 1.54) is 43.3 Å². The van der Waals surface area contributed by atoms with E-state index in [0.717, 1.165) is 23.3 Å². The van der Waals surface area contributed by atoms with Gasteiger partial charge in [0.05, 0.1) is 55.7 Å². The van der Waals surface area contributed by atoms with Crippen LogP contribution in [0.25, 0.3) is 0 Å². The topological polar surface area (TPSA) is 139 Å². The number of sulfone groups is 1. The lowest BCUT2D eigenvalue weighted by Gasteiger charge is -2.26. The number of phosphoric acid groups is 1. The molecule has 19 heteroatoms. The van der Waals surface area contributed by atoms with E-state index in [2.05, 4.69) is 14.8 Å². The second-order valence-electron chi connectivity index (χ2n) is 14.5. The van der Waals surface area contributed by atoms with Gasteiger partial charge in [-0.1, -0.05) is 79.7 Å². The number of hydrogen-bond acceptors (Lipinski definition) is 11. The van der Waals surface area contributed by atoms with Gasteiger partial charge in [0.2, 0.25) is 0 Å². The summed E-state index contributed by atoms with van der Waals surface area (Å²) in [6.45, 7) is -2.02. The van der Waals surface area contributed by atoms with E-state index in [-0.39, 0.29) is 67.8 Å². The predicted octanol–water partition coefficient (Wildman–Crippen LogP) is 10.1. The molecule has 0 radical (unpaired) electrons. The Morgan fingerprint density at radius 3 is 1.92 bits per heavy atom. The van der Waals surface area contributed by atoms with E-state index in [1.54, 1.807) is 53.4 Å². The van der Waals surface area contributed by atoms with Crippen molar-refractivity contribution < 1.29 is 67.5 Å². The summed E-state index contributed by atoms with van der Waals surface area (Å²) in [5.41, 5.74) is 2.77. The summed E-state index contributed by atoms with van der Waals surface area (Å²) in [5.74, 6) is -0.824. The van der Waals surface area contributed by atoms with Crippen molar-refractivity contribution >= 4 is 29.3 Å². The molecule has 1 heterocycles. The number of halogens is 5. The molecule has 1 saturated heterocycles. The number of hydrogen-bond donors (Lipinski definition) is 1. The third kappa shape index (κ3) is 14.3. The van der Waals surface area contributed by atoms with Gasteiger partial charge in [-0.3, -0.25) is 18.4 Å². The molecule has 3 atom stereocenters. The van der Waals surface area contributed by atoms with Crippen LogP contribution in [0.3, 0.4) is 0 Å². The Morgan fingerprint density at radius 1 is 0.797 bits per heavy atom. The zero-order valence-electron chi connectivity index (χ0n) is 34.4. The number of anilines is 1. The zero-order valence-corrected chi connectivity index (χ0v) is 36.2. The van der Waals surface area contributed by atoms with Crippen molar-refractivity contribution in [2.24, 2.45) is 0 Å². The highest BCUT2D eigenvalue weighted by molar-refractivity contribution is 7.91. The van der Waals surface area contributed by atoms with Crippen LogP contribution in [-0.2, 0) is 45.9 Å². The smallest absolute Gasteiger partial charge is 0.489 e. The Bertz CT molecular complexity index is 2350. The minimum Gasteiger partial charge on any atom is -0.489 e. The van der Waals surface area contributed by atoms with E-state index >= 15 is 0 Å². The quantitative estimate of drug-likeness (QED) is 0.0524. The summed E-state index contributed by atoms with van der Waals surface area (Å²) in [4.78, 5) is 15.7. The Labute approximate surface area is 367 Å². The fourth-order valence-electron chi connectivity index (χ4n) is 6.82. The van der Waals surface area contributed by atoms with Crippen molar-refractivity contribution in [3.63, 3.8) is 0 Å². The number of ether oxygens (including phenoxy) is 3. The Hall–Kier alpha value is -5.36. The van der Waals surface area contributed by atoms with Gasteiger partial charge in [-0.2, -0.15) is 8.78 Å². The monoisotopic (exact) mass is 932 g/mol. The lowest BCUT2D eigenvalue weighted by atomic mass is 10.0. The molecule has 342 valence electrons. The molecule has 1 amide bonds. The standard InChI is InChI=1S/C45H46F5N2O10PS/c1-2-64(55,56)41-23-15-34(16-24-41)42(25-26-58-63(54,59-29-32-9-5-3-6-10-32)60-30-33-11-7-4-8-12-33)51-43(53)35-13-17-36(18-14-35)52-28-40(27-37(52)31-57-44(46)47)61-38-19-21-39(22-20-38)62-45(48,49)50/h3-24,37,40,42,44H,2,25-31H2,1H3,(H,51,53)/t37-,40-,42?/m0/s1. The maximum absolute atomic E-state index is 14.0. The molecule has 12 nitrogen and oxygen atoms in total. The molecular formula is C45H46F5N2O10PS. The Kier molecular flexibility index (Phi) is 16.6. The largest absolute Gasteiger partial charge is 0.573 e. The van der Waals surface area contributed by atoms with Crippen LogP contribution >= 0.6 is 7.82 Å². The molecule has 5 aromatic rings. The highest BCUT2D eigenvalue weighted by Gasteiger charge is 2.35. The van der Waals surface area contributed by atoms with Crippen LogP contribution in [0.2, 0.25) is 0 Å². The summed E-state index contributed by atoms with van der Waals surface area (Å²) < 4.78 is 135. The molecule has 1 aliphatic rings. The van der Waals surface area contributed by atoms with Crippen molar-refractivity contribution in [2.45, 2.75) is 69.0 Å². The summed E-state index contributed by atoms with van der Waals surface area (Å²) >= 11 is 0. The number of nitrogens with zero attached hydrogens (tertiary/aromatic N) is 1. The lowest BCUT2D eigenvalue weighted by Crippen LogP contribution is -2.34. The van der Waals surface area contributed by atoms with E-state index in [1.807, 2.05) is 36.4 Å². The molecule has 1 unspecified atom stereocenters. The number of nitrogens with one attached hydrogen (secondary N) is 1. The molecule has 5 aromatic carbocycles. The summed E-state index contributed by atoms with van der Waals surface area (Å²) in [5, 5.41) is 2.96.